The molecule has 0 aromatic carbocycles. The molecule has 164 valence electrons. The molecule has 1 aliphatic carbocycles. The number of hydrogen-bond acceptors (Lipinski definition) is 6. The molecule has 0 bridgehead atoms. The van der Waals surface area contributed by atoms with Crippen LogP contribution in [0.3, 0.4) is 0 Å². The number of ether oxygens (including phenoxy) is 1. The van der Waals surface area contributed by atoms with Gasteiger partial charge in [0.25, 0.3) is 11.8 Å². The van der Waals surface area contributed by atoms with Gasteiger partial charge >= 0.3 is 0 Å². The lowest BCUT2D eigenvalue weighted by molar-refractivity contribution is 0.0711. The molecule has 1 atom stereocenters. The van der Waals surface area contributed by atoms with Crippen molar-refractivity contribution in [3.05, 3.63) is 52.6 Å². The second kappa shape index (κ2) is 9.01. The van der Waals surface area contributed by atoms with Gasteiger partial charge in [-0.15, -0.1) is 0 Å². The number of nitrogens with zero attached hydrogens (tertiary/aromatic N) is 3. The fourth-order valence-electron chi connectivity index (χ4n) is 3.72. The van der Waals surface area contributed by atoms with Crippen LogP contribution in [0.5, 0.6) is 5.75 Å². The number of aryl methyl sites for hydroxylation is 1. The Morgan fingerprint density at radius 2 is 2.19 bits per heavy atom. The van der Waals surface area contributed by atoms with Crippen LogP contribution in [0.15, 0.2) is 24.5 Å². The van der Waals surface area contributed by atoms with Crippen LogP contribution in [-0.4, -0.2) is 51.5 Å². The molecule has 4 rings (SSSR count). The summed E-state index contributed by atoms with van der Waals surface area (Å²) in [5, 5.41) is 11.6. The van der Waals surface area contributed by atoms with E-state index in [4.69, 9.17) is 9.84 Å². The quantitative estimate of drug-likeness (QED) is 0.599. The van der Waals surface area contributed by atoms with Crippen molar-refractivity contribution in [2.24, 2.45) is 5.92 Å². The van der Waals surface area contributed by atoms with Gasteiger partial charge in [-0.2, -0.15) is 0 Å². The number of hydrogen-bond donors (Lipinski definition) is 2. The monoisotopic (exact) mass is 424 g/mol. The van der Waals surface area contributed by atoms with Crippen molar-refractivity contribution in [1.82, 2.24) is 20.2 Å². The van der Waals surface area contributed by atoms with E-state index in [0.29, 0.717) is 36.6 Å². The van der Waals surface area contributed by atoms with Gasteiger partial charge in [0.05, 0.1) is 24.5 Å². The van der Waals surface area contributed by atoms with Gasteiger partial charge in [-0.3, -0.25) is 19.6 Å². The van der Waals surface area contributed by atoms with E-state index in [1.165, 1.54) is 19.0 Å². The summed E-state index contributed by atoms with van der Waals surface area (Å²) in [6.45, 7) is 5.30. The van der Waals surface area contributed by atoms with E-state index in [2.05, 4.69) is 15.3 Å². The van der Waals surface area contributed by atoms with Crippen LogP contribution in [0.4, 0.5) is 0 Å². The van der Waals surface area contributed by atoms with Crippen LogP contribution in [-0.2, 0) is 6.54 Å². The summed E-state index contributed by atoms with van der Waals surface area (Å²) >= 11 is 0. The summed E-state index contributed by atoms with van der Waals surface area (Å²) in [4.78, 5) is 36.1. The normalized spacial score (nSPS) is 16.2. The number of fused-ring (bicyclic) bond motifs is 1. The second-order valence-electron chi connectivity index (χ2n) is 8.26. The standard InChI is InChI=1S/C23H28N4O4/c1-14-10-19(26-11-20(14)31-13-16-4-5-16)15(2)27-12-18-17(23(27)30)6-8-24-21(18)22(29)25-7-3-9-28/h6,8,10-11,15-16,28H,3-5,7,9,12-13H2,1-2H3,(H,25,29). The summed E-state index contributed by atoms with van der Waals surface area (Å²) in [6.07, 6.45) is 6.15. The maximum Gasteiger partial charge on any atom is 0.270 e. The highest BCUT2D eigenvalue weighted by molar-refractivity contribution is 6.03. The van der Waals surface area contributed by atoms with Gasteiger partial charge in [-0.25, -0.2) is 0 Å². The average molecular weight is 425 g/mol. The van der Waals surface area contributed by atoms with E-state index in [1.54, 1.807) is 17.2 Å². The van der Waals surface area contributed by atoms with Gasteiger partial charge in [0, 0.05) is 37.0 Å². The Kier molecular flexibility index (Phi) is 6.18. The van der Waals surface area contributed by atoms with Gasteiger partial charge in [-0.1, -0.05) is 0 Å². The van der Waals surface area contributed by atoms with Crippen LogP contribution >= 0.6 is 0 Å². The Morgan fingerprint density at radius 3 is 2.90 bits per heavy atom. The third-order valence-corrected chi connectivity index (χ3v) is 5.86. The average Bonchev–Trinajstić information content (AvgIpc) is 3.54. The minimum absolute atomic E-state index is 0.00120. The molecule has 2 N–H and O–H groups in total. The van der Waals surface area contributed by atoms with Crippen molar-refractivity contribution in [2.75, 3.05) is 19.8 Å². The maximum absolute atomic E-state index is 13.1. The minimum Gasteiger partial charge on any atom is -0.491 e. The van der Waals surface area contributed by atoms with E-state index in [0.717, 1.165) is 23.6 Å². The number of amides is 2. The van der Waals surface area contributed by atoms with Crippen LogP contribution in [0.1, 0.15) is 69.9 Å². The Bertz CT molecular complexity index is 990. The molecule has 0 saturated heterocycles. The van der Waals surface area contributed by atoms with E-state index in [-0.39, 0.29) is 30.2 Å². The molecule has 1 unspecified atom stereocenters. The largest absolute Gasteiger partial charge is 0.491 e. The third kappa shape index (κ3) is 4.54. The second-order valence-corrected chi connectivity index (χ2v) is 8.26. The highest BCUT2D eigenvalue weighted by Crippen LogP contribution is 2.34. The maximum atomic E-state index is 13.1. The number of carbonyl (C=O) groups is 2. The van der Waals surface area contributed by atoms with Crippen molar-refractivity contribution in [1.29, 1.82) is 0 Å². The lowest BCUT2D eigenvalue weighted by Gasteiger charge is -2.24. The van der Waals surface area contributed by atoms with E-state index < -0.39 is 0 Å². The van der Waals surface area contributed by atoms with Gasteiger partial charge in [0.2, 0.25) is 0 Å². The molecule has 31 heavy (non-hydrogen) atoms. The van der Waals surface area contributed by atoms with Gasteiger partial charge in [0.15, 0.2) is 0 Å². The van der Waals surface area contributed by atoms with E-state index >= 15 is 0 Å². The van der Waals surface area contributed by atoms with Crippen LogP contribution in [0.25, 0.3) is 0 Å². The molecule has 3 heterocycles. The zero-order valence-electron chi connectivity index (χ0n) is 17.9. The summed E-state index contributed by atoms with van der Waals surface area (Å²) in [5.74, 6) is 0.980. The van der Waals surface area contributed by atoms with E-state index in [1.807, 2.05) is 19.9 Å². The first-order valence-electron chi connectivity index (χ1n) is 10.8. The summed E-state index contributed by atoms with van der Waals surface area (Å²) in [5.41, 5.74) is 3.15. The zero-order valence-corrected chi connectivity index (χ0v) is 17.9. The van der Waals surface area contributed by atoms with Gasteiger partial charge < -0.3 is 20.1 Å². The molecular formula is C23H28N4O4. The topological polar surface area (TPSA) is 105 Å². The number of rotatable bonds is 9. The molecule has 1 saturated carbocycles. The molecule has 2 aromatic rings. The SMILES string of the molecule is Cc1cc(C(C)N2Cc3c(ccnc3C(=O)NCCCO)C2=O)ncc1OCC1CC1. The Balaban J connectivity index is 1.49. The number of pyridine rings is 2. The number of nitrogens with one attached hydrogen (secondary N) is 1. The fourth-order valence-corrected chi connectivity index (χ4v) is 3.72. The molecule has 2 aliphatic rings. The van der Waals surface area contributed by atoms with Crippen molar-refractivity contribution < 1.29 is 19.4 Å². The van der Waals surface area contributed by atoms with Crippen LogP contribution in [0, 0.1) is 12.8 Å². The lowest BCUT2D eigenvalue weighted by atomic mass is 10.1. The highest BCUT2D eigenvalue weighted by atomic mass is 16.5. The predicted octanol–water partition coefficient (Wildman–Crippen LogP) is 2.40. The van der Waals surface area contributed by atoms with Gasteiger partial charge in [-0.05, 0) is 56.7 Å². The molecule has 1 fully saturated rings. The molecule has 1 aliphatic heterocycles. The lowest BCUT2D eigenvalue weighted by Crippen LogP contribution is -2.28. The first kappa shape index (κ1) is 21.2. The molecule has 0 radical (unpaired) electrons. The van der Waals surface area contributed by atoms with Crippen LogP contribution in [0.2, 0.25) is 0 Å². The van der Waals surface area contributed by atoms with Crippen molar-refractivity contribution >= 4 is 11.8 Å². The third-order valence-electron chi connectivity index (χ3n) is 5.86. The smallest absolute Gasteiger partial charge is 0.270 e. The predicted molar refractivity (Wildman–Crippen MR) is 114 cm³/mol. The summed E-state index contributed by atoms with van der Waals surface area (Å²) in [7, 11) is 0. The van der Waals surface area contributed by atoms with E-state index in [9.17, 15) is 9.59 Å². The molecule has 8 heteroatoms. The summed E-state index contributed by atoms with van der Waals surface area (Å²) in [6, 6.07) is 3.35. The fraction of sp³-hybridized carbons (Fsp3) is 0.478. The summed E-state index contributed by atoms with van der Waals surface area (Å²) < 4.78 is 5.86. The Morgan fingerprint density at radius 1 is 1.39 bits per heavy atom. The Hall–Kier alpha value is -3.00. The first-order valence-corrected chi connectivity index (χ1v) is 10.8. The van der Waals surface area contributed by atoms with Crippen LogP contribution < -0.4 is 10.1 Å². The number of aromatic nitrogens is 2. The van der Waals surface area contributed by atoms with Crippen molar-refractivity contribution in [2.45, 2.75) is 45.7 Å². The molecular weight excluding hydrogens is 396 g/mol. The van der Waals surface area contributed by atoms with Gasteiger partial charge in [0.1, 0.15) is 11.4 Å². The molecule has 2 aromatic heterocycles. The number of carbonyl (C=O) groups excluding carboxylic acids is 2. The number of aliphatic hydroxyl groups excluding tert-OH is 1. The zero-order chi connectivity index (χ0) is 22.0. The molecule has 2 amide bonds. The first-order chi connectivity index (χ1) is 15.0. The van der Waals surface area contributed by atoms with Crippen molar-refractivity contribution in [3.63, 3.8) is 0 Å². The molecule has 8 nitrogen and oxygen atoms in total. The van der Waals surface area contributed by atoms with Crippen molar-refractivity contribution in [3.8, 4) is 5.75 Å². The minimum atomic E-state index is -0.335. The Labute approximate surface area is 181 Å². The number of aliphatic hydroxyl groups is 1. The highest BCUT2D eigenvalue weighted by Gasteiger charge is 2.35. The molecule has 0 spiro atoms.